The van der Waals surface area contributed by atoms with Gasteiger partial charge in [-0.05, 0) is 37.5 Å². The summed E-state index contributed by atoms with van der Waals surface area (Å²) in [5.41, 5.74) is 3.46. The topological polar surface area (TPSA) is 32.8 Å². The summed E-state index contributed by atoms with van der Waals surface area (Å²) >= 11 is 0. The molecule has 0 unspecified atom stereocenters. The van der Waals surface area contributed by atoms with E-state index < -0.39 is 7.44 Å². The molecule has 3 rings (SSSR count). The molecular weight excluding hydrogens is 391 g/mol. The Balaban J connectivity index is 1.87. The van der Waals surface area contributed by atoms with Crippen molar-refractivity contribution in [3.05, 3.63) is 95.3 Å². The summed E-state index contributed by atoms with van der Waals surface area (Å²) in [6.07, 6.45) is 4.40. The molecule has 1 fully saturated rings. The van der Waals surface area contributed by atoms with E-state index in [1.54, 1.807) is 0 Å². The van der Waals surface area contributed by atoms with E-state index in [9.17, 15) is 4.57 Å². The van der Waals surface area contributed by atoms with Gasteiger partial charge in [-0.25, -0.2) is 9.34 Å². The number of benzene rings is 2. The van der Waals surface area contributed by atoms with Crippen LogP contribution in [0.3, 0.4) is 0 Å². The Bertz CT molecular complexity index is 852. The second-order valence-corrected chi connectivity index (χ2v) is 10.7. The van der Waals surface area contributed by atoms with Gasteiger partial charge in [-0.15, -0.1) is 0 Å². The molecule has 0 spiro atoms. The van der Waals surface area contributed by atoms with E-state index in [4.69, 9.17) is 4.74 Å². The summed E-state index contributed by atoms with van der Waals surface area (Å²) in [5, 5.41) is 0. The highest BCUT2D eigenvalue weighted by Gasteiger charge is 2.43. The maximum Gasteiger partial charge on any atom is 0.224 e. The van der Waals surface area contributed by atoms with Crippen LogP contribution in [0.2, 0.25) is 0 Å². The van der Waals surface area contributed by atoms with E-state index in [-0.39, 0.29) is 0 Å². The van der Waals surface area contributed by atoms with Crippen LogP contribution in [0.1, 0.15) is 31.9 Å². The summed E-state index contributed by atoms with van der Waals surface area (Å²) in [6, 6.07) is 20.6. The number of hydrogen-bond donors (Lipinski definition) is 0. The van der Waals surface area contributed by atoms with Crippen molar-refractivity contribution in [1.29, 1.82) is 0 Å². The van der Waals surface area contributed by atoms with Crippen molar-refractivity contribution in [2.24, 2.45) is 0 Å². The standard InChI is InChI=1S/C25H33N2O2P/c1-4-5-18-29-25(22(2)3)21-30(28)26(19-23-12-8-6-9-13-23)16-17-27(30)20-24-14-10-7-11-15-24/h4-15H,16-21H2,1-3H3/b5-4+. The minimum atomic E-state index is -2.82. The number of nitrogens with zero attached hydrogens (tertiary/aromatic N) is 2. The zero-order valence-electron chi connectivity index (χ0n) is 18.3. The number of hydrogen-bond acceptors (Lipinski definition) is 2. The summed E-state index contributed by atoms with van der Waals surface area (Å²) in [7, 11) is -2.82. The van der Waals surface area contributed by atoms with E-state index in [1.807, 2.05) is 69.3 Å². The Hall–Kier alpha value is -2.13. The molecule has 1 aliphatic heterocycles. The lowest BCUT2D eigenvalue weighted by atomic mass is 10.2. The van der Waals surface area contributed by atoms with Crippen molar-refractivity contribution < 1.29 is 9.30 Å². The third-order valence-electron chi connectivity index (χ3n) is 5.41. The lowest BCUT2D eigenvalue weighted by molar-refractivity contribution is 0.244. The van der Waals surface area contributed by atoms with E-state index >= 15 is 0 Å². The fourth-order valence-electron chi connectivity index (χ4n) is 3.67. The normalized spacial score (nSPS) is 16.8. The predicted molar refractivity (Wildman–Crippen MR) is 125 cm³/mol. The lowest BCUT2D eigenvalue weighted by Gasteiger charge is -2.31. The Labute approximate surface area is 181 Å². The van der Waals surface area contributed by atoms with Gasteiger partial charge in [0.2, 0.25) is 7.44 Å². The molecule has 2 aromatic carbocycles. The minimum absolute atomic E-state index is 0.437. The molecule has 160 valence electrons. The molecule has 1 heterocycles. The van der Waals surface area contributed by atoms with Gasteiger partial charge in [0.25, 0.3) is 0 Å². The highest BCUT2D eigenvalue weighted by atomic mass is 31.2. The minimum Gasteiger partial charge on any atom is -0.493 e. The first-order valence-corrected chi connectivity index (χ1v) is 12.4. The van der Waals surface area contributed by atoms with Gasteiger partial charge in [0.05, 0.1) is 6.16 Å². The molecule has 0 amide bonds. The third kappa shape index (κ3) is 5.72. The monoisotopic (exact) mass is 424 g/mol. The van der Waals surface area contributed by atoms with Crippen LogP contribution in [-0.4, -0.2) is 35.2 Å². The summed E-state index contributed by atoms with van der Waals surface area (Å²) in [5.74, 6) is 0.842. The van der Waals surface area contributed by atoms with Crippen LogP contribution in [0.25, 0.3) is 0 Å². The molecule has 0 radical (unpaired) electrons. The van der Waals surface area contributed by atoms with E-state index in [1.165, 1.54) is 11.1 Å². The second-order valence-electron chi connectivity index (χ2n) is 7.87. The van der Waals surface area contributed by atoms with Gasteiger partial charge in [-0.3, -0.25) is 4.57 Å². The van der Waals surface area contributed by atoms with Gasteiger partial charge in [0.1, 0.15) is 12.4 Å². The highest BCUT2D eigenvalue weighted by Crippen LogP contribution is 2.59. The Morgan fingerprint density at radius 3 is 1.87 bits per heavy atom. The highest BCUT2D eigenvalue weighted by molar-refractivity contribution is 7.59. The zero-order valence-corrected chi connectivity index (χ0v) is 19.2. The third-order valence-corrected chi connectivity index (χ3v) is 8.56. The smallest absolute Gasteiger partial charge is 0.224 e. The van der Waals surface area contributed by atoms with Gasteiger partial charge in [-0.1, -0.05) is 72.8 Å². The fraction of sp³-hybridized carbons (Fsp3) is 0.360. The number of allylic oxidation sites excluding steroid dienone is 3. The molecule has 0 saturated carbocycles. The second kappa shape index (κ2) is 10.8. The predicted octanol–water partition coefficient (Wildman–Crippen LogP) is 6.08. The molecule has 0 aromatic heterocycles. The molecule has 30 heavy (non-hydrogen) atoms. The zero-order chi connectivity index (χ0) is 21.4. The van der Waals surface area contributed by atoms with Gasteiger partial charge in [0, 0.05) is 26.2 Å². The number of ether oxygens (including phenoxy) is 1. The van der Waals surface area contributed by atoms with Gasteiger partial charge in [-0.2, -0.15) is 0 Å². The first-order chi connectivity index (χ1) is 14.5. The van der Waals surface area contributed by atoms with Crippen LogP contribution in [-0.2, 0) is 22.4 Å². The molecule has 5 heteroatoms. The van der Waals surface area contributed by atoms with Crippen LogP contribution in [0.4, 0.5) is 0 Å². The van der Waals surface area contributed by atoms with Crippen molar-refractivity contribution in [3.8, 4) is 0 Å². The van der Waals surface area contributed by atoms with Gasteiger partial charge >= 0.3 is 0 Å². The van der Waals surface area contributed by atoms with Crippen molar-refractivity contribution >= 4 is 7.44 Å². The van der Waals surface area contributed by atoms with Crippen LogP contribution in [0.5, 0.6) is 0 Å². The lowest BCUT2D eigenvalue weighted by Crippen LogP contribution is -2.23. The van der Waals surface area contributed by atoms with Crippen molar-refractivity contribution in [2.45, 2.75) is 33.9 Å². The molecule has 0 bridgehead atoms. The maximum absolute atomic E-state index is 14.6. The van der Waals surface area contributed by atoms with Gasteiger partial charge in [0.15, 0.2) is 0 Å². The molecule has 1 aliphatic rings. The average molecular weight is 425 g/mol. The maximum atomic E-state index is 14.6. The van der Waals surface area contributed by atoms with Crippen molar-refractivity contribution in [2.75, 3.05) is 25.9 Å². The average Bonchev–Trinajstić information content (AvgIpc) is 3.04. The SMILES string of the molecule is C/C=C/COC(CP1(=O)N(Cc2ccccc2)CCN1Cc1ccccc1)=C(C)C. The van der Waals surface area contributed by atoms with Crippen LogP contribution in [0.15, 0.2) is 84.1 Å². The first-order valence-electron chi connectivity index (χ1n) is 10.6. The summed E-state index contributed by atoms with van der Waals surface area (Å²) < 4.78 is 24.9. The number of rotatable bonds is 9. The molecule has 0 N–H and O–H groups in total. The van der Waals surface area contributed by atoms with E-state index in [0.717, 1.165) is 24.4 Å². The molecule has 0 atom stereocenters. The Morgan fingerprint density at radius 2 is 1.43 bits per heavy atom. The van der Waals surface area contributed by atoms with E-state index in [2.05, 4.69) is 33.6 Å². The van der Waals surface area contributed by atoms with Crippen LogP contribution < -0.4 is 0 Å². The molecule has 0 aliphatic carbocycles. The molecular formula is C25H33N2O2P. The Morgan fingerprint density at radius 1 is 0.933 bits per heavy atom. The summed E-state index contributed by atoms with van der Waals surface area (Å²) in [4.78, 5) is 0. The summed E-state index contributed by atoms with van der Waals surface area (Å²) in [6.45, 7) is 9.53. The molecule has 2 aromatic rings. The fourth-order valence-corrected chi connectivity index (χ4v) is 6.78. The van der Waals surface area contributed by atoms with Crippen molar-refractivity contribution in [3.63, 3.8) is 0 Å². The van der Waals surface area contributed by atoms with Crippen LogP contribution >= 0.6 is 7.44 Å². The molecule has 4 nitrogen and oxygen atoms in total. The van der Waals surface area contributed by atoms with E-state index in [0.29, 0.717) is 25.9 Å². The molecule has 1 saturated heterocycles. The Kier molecular flexibility index (Phi) is 8.09. The van der Waals surface area contributed by atoms with Crippen LogP contribution in [0, 0.1) is 0 Å². The quantitative estimate of drug-likeness (QED) is 0.277. The largest absolute Gasteiger partial charge is 0.493 e. The van der Waals surface area contributed by atoms with Gasteiger partial charge < -0.3 is 4.74 Å². The van der Waals surface area contributed by atoms with Crippen molar-refractivity contribution in [1.82, 2.24) is 9.34 Å². The first kappa shape index (κ1) is 22.6.